The van der Waals surface area contributed by atoms with E-state index in [1.165, 1.54) is 6.07 Å². The summed E-state index contributed by atoms with van der Waals surface area (Å²) in [6.07, 6.45) is 0.759. The van der Waals surface area contributed by atoms with Crippen LogP contribution in [0.4, 0.5) is 0 Å². The Labute approximate surface area is 119 Å². The number of nitrogens with one attached hydrogen (secondary N) is 1. The van der Waals surface area contributed by atoms with E-state index >= 15 is 0 Å². The predicted octanol–water partition coefficient (Wildman–Crippen LogP) is 1.58. The largest absolute Gasteiger partial charge is 0.409 e. The fourth-order valence-electron chi connectivity index (χ4n) is 2.07. The summed E-state index contributed by atoms with van der Waals surface area (Å²) in [5.74, 6) is -0.139. The normalized spacial score (nSPS) is 13.4. The maximum Gasteiger partial charge on any atom is 0.241 e. The zero-order valence-corrected chi connectivity index (χ0v) is 12.7. The first-order valence-corrected chi connectivity index (χ1v) is 7.89. The fourth-order valence-corrected chi connectivity index (χ4v) is 3.84. The molecule has 0 saturated heterocycles. The first kappa shape index (κ1) is 16.5. The molecule has 7 heteroatoms. The van der Waals surface area contributed by atoms with Crippen molar-refractivity contribution in [2.75, 3.05) is 0 Å². The second-order valence-electron chi connectivity index (χ2n) is 4.65. The van der Waals surface area contributed by atoms with Gasteiger partial charge in [0, 0.05) is 0 Å². The van der Waals surface area contributed by atoms with Gasteiger partial charge in [0.05, 0.1) is 10.4 Å². The molecule has 1 rings (SSSR count). The summed E-state index contributed by atoms with van der Waals surface area (Å²) < 4.78 is 27.6. The average molecular weight is 299 g/mol. The lowest BCUT2D eigenvalue weighted by atomic mass is 9.93. The molecule has 1 aromatic rings. The lowest BCUT2D eigenvalue weighted by molar-refractivity contribution is 0.307. The van der Waals surface area contributed by atoms with Gasteiger partial charge in [-0.15, -0.1) is 0 Å². The van der Waals surface area contributed by atoms with Crippen LogP contribution in [-0.2, 0) is 10.0 Å². The van der Waals surface area contributed by atoms with E-state index in [4.69, 9.17) is 10.9 Å². The van der Waals surface area contributed by atoms with Crippen molar-refractivity contribution in [3.05, 3.63) is 29.8 Å². The molecular weight excluding hydrogens is 278 g/mol. The summed E-state index contributed by atoms with van der Waals surface area (Å²) in [6, 6.07) is 6.67. The third kappa shape index (κ3) is 3.10. The number of hydrogen-bond donors (Lipinski definition) is 3. The Hall–Kier alpha value is -1.60. The lowest BCUT2D eigenvalue weighted by Crippen LogP contribution is -2.56. The highest BCUT2D eigenvalue weighted by atomic mass is 32.2. The zero-order valence-electron chi connectivity index (χ0n) is 11.9. The van der Waals surface area contributed by atoms with E-state index in [1.807, 2.05) is 0 Å². The number of nitrogens with two attached hydrogens (primary N) is 1. The molecule has 0 unspecified atom stereocenters. The fraction of sp³-hybridized carbons (Fsp3) is 0.462. The molecule has 0 aliphatic carbocycles. The van der Waals surface area contributed by atoms with Gasteiger partial charge < -0.3 is 10.9 Å². The van der Waals surface area contributed by atoms with E-state index in [9.17, 15) is 8.42 Å². The van der Waals surface area contributed by atoms with Crippen molar-refractivity contribution in [3.8, 4) is 0 Å². The zero-order chi connectivity index (χ0) is 15.4. The van der Waals surface area contributed by atoms with Crippen molar-refractivity contribution in [3.63, 3.8) is 0 Å². The van der Waals surface area contributed by atoms with E-state index < -0.39 is 15.6 Å². The molecular formula is C13H21N3O3S. The Morgan fingerprint density at radius 3 is 2.35 bits per heavy atom. The minimum Gasteiger partial charge on any atom is -0.409 e. The summed E-state index contributed by atoms with van der Waals surface area (Å²) in [5, 5.41) is 11.9. The van der Waals surface area contributed by atoms with E-state index in [2.05, 4.69) is 9.88 Å². The highest BCUT2D eigenvalue weighted by Gasteiger charge is 2.36. The van der Waals surface area contributed by atoms with Gasteiger partial charge in [-0.2, -0.15) is 4.72 Å². The molecule has 0 aromatic heterocycles. The van der Waals surface area contributed by atoms with Crippen LogP contribution in [0.5, 0.6) is 0 Å². The molecule has 0 spiro atoms. The second-order valence-corrected chi connectivity index (χ2v) is 6.30. The van der Waals surface area contributed by atoms with Crippen molar-refractivity contribution in [1.82, 2.24) is 4.72 Å². The highest BCUT2D eigenvalue weighted by Crippen LogP contribution is 2.21. The number of hydrogen-bond acceptors (Lipinski definition) is 4. The van der Waals surface area contributed by atoms with E-state index in [0.717, 1.165) is 0 Å². The molecule has 4 N–H and O–H groups in total. The van der Waals surface area contributed by atoms with Gasteiger partial charge in [-0.25, -0.2) is 8.42 Å². The van der Waals surface area contributed by atoms with Crippen LogP contribution in [-0.4, -0.2) is 25.0 Å². The minimum atomic E-state index is -3.75. The summed E-state index contributed by atoms with van der Waals surface area (Å²) in [6.45, 7) is 5.28. The molecule has 1 aromatic carbocycles. The number of aryl methyl sites for hydroxylation is 1. The van der Waals surface area contributed by atoms with Gasteiger partial charge in [0.2, 0.25) is 10.0 Å². The number of oxime groups is 1. The molecule has 0 bridgehead atoms. The minimum absolute atomic E-state index is 0.139. The summed E-state index contributed by atoms with van der Waals surface area (Å²) in [4.78, 5) is 0.192. The van der Waals surface area contributed by atoms with Crippen LogP contribution >= 0.6 is 0 Å². The molecule has 0 aliphatic rings. The van der Waals surface area contributed by atoms with Crippen LogP contribution in [0.15, 0.2) is 34.3 Å². The van der Waals surface area contributed by atoms with Gasteiger partial charge in [0.1, 0.15) is 0 Å². The number of nitrogens with zero attached hydrogens (tertiary/aromatic N) is 1. The third-order valence-corrected chi connectivity index (χ3v) is 5.21. The average Bonchev–Trinajstić information content (AvgIpc) is 2.44. The molecule has 20 heavy (non-hydrogen) atoms. The lowest BCUT2D eigenvalue weighted by Gasteiger charge is -2.31. The Kier molecular flexibility index (Phi) is 5.13. The Morgan fingerprint density at radius 1 is 1.35 bits per heavy atom. The molecule has 0 saturated carbocycles. The molecule has 0 amide bonds. The van der Waals surface area contributed by atoms with Crippen LogP contribution in [0, 0.1) is 6.92 Å². The van der Waals surface area contributed by atoms with Crippen molar-refractivity contribution < 1.29 is 13.6 Å². The quantitative estimate of drug-likeness (QED) is 0.321. The number of rotatable bonds is 6. The van der Waals surface area contributed by atoms with Crippen molar-refractivity contribution in [1.29, 1.82) is 0 Å². The first-order chi connectivity index (χ1) is 9.33. The van der Waals surface area contributed by atoms with Crippen molar-refractivity contribution >= 4 is 15.9 Å². The van der Waals surface area contributed by atoms with Crippen LogP contribution in [0.25, 0.3) is 0 Å². The third-order valence-electron chi connectivity index (χ3n) is 3.52. The van der Waals surface area contributed by atoms with Gasteiger partial charge in [0.25, 0.3) is 0 Å². The van der Waals surface area contributed by atoms with Crippen LogP contribution in [0.2, 0.25) is 0 Å². The van der Waals surface area contributed by atoms with Crippen molar-refractivity contribution in [2.24, 2.45) is 10.9 Å². The van der Waals surface area contributed by atoms with Crippen molar-refractivity contribution in [2.45, 2.75) is 44.0 Å². The predicted molar refractivity (Wildman–Crippen MR) is 78.2 cm³/mol. The Morgan fingerprint density at radius 2 is 1.90 bits per heavy atom. The van der Waals surface area contributed by atoms with Crippen LogP contribution in [0.1, 0.15) is 32.3 Å². The smallest absolute Gasteiger partial charge is 0.241 e. The number of benzene rings is 1. The summed E-state index contributed by atoms with van der Waals surface area (Å²) in [5.41, 5.74) is 5.22. The molecule has 0 heterocycles. The second kappa shape index (κ2) is 6.23. The Bertz CT molecular complexity index is 593. The van der Waals surface area contributed by atoms with Gasteiger partial charge >= 0.3 is 0 Å². The highest BCUT2D eigenvalue weighted by molar-refractivity contribution is 7.89. The van der Waals surface area contributed by atoms with Gasteiger partial charge in [-0.3, -0.25) is 0 Å². The molecule has 0 aliphatic heterocycles. The Balaban J connectivity index is 3.27. The molecule has 0 atom stereocenters. The SMILES string of the molecule is CCC(CC)(NS(=O)(=O)c1ccccc1C)C(N)=NO. The maximum atomic E-state index is 12.5. The maximum absolute atomic E-state index is 12.5. The van der Waals surface area contributed by atoms with Gasteiger partial charge in [-0.05, 0) is 31.4 Å². The van der Waals surface area contributed by atoms with E-state index in [1.54, 1.807) is 39.0 Å². The monoisotopic (exact) mass is 299 g/mol. The van der Waals surface area contributed by atoms with Crippen LogP contribution < -0.4 is 10.5 Å². The van der Waals surface area contributed by atoms with Gasteiger partial charge in [0.15, 0.2) is 5.84 Å². The molecule has 112 valence electrons. The van der Waals surface area contributed by atoms with Gasteiger partial charge in [-0.1, -0.05) is 37.2 Å². The van der Waals surface area contributed by atoms with E-state index in [0.29, 0.717) is 18.4 Å². The topological polar surface area (TPSA) is 105 Å². The van der Waals surface area contributed by atoms with E-state index in [-0.39, 0.29) is 10.7 Å². The molecule has 0 fully saturated rings. The summed E-state index contributed by atoms with van der Waals surface area (Å²) >= 11 is 0. The number of amidine groups is 1. The van der Waals surface area contributed by atoms with Crippen LogP contribution in [0.3, 0.4) is 0 Å². The standard InChI is InChI=1S/C13H21N3O3S/c1-4-13(5-2,12(14)15-17)16-20(18,19)11-9-7-6-8-10(11)3/h6-9,16-17H,4-5H2,1-3H3,(H2,14,15). The molecule has 6 nitrogen and oxygen atoms in total. The first-order valence-electron chi connectivity index (χ1n) is 6.40. The summed E-state index contributed by atoms with van der Waals surface area (Å²) in [7, 11) is -3.75. The molecule has 0 radical (unpaired) electrons. The number of sulfonamides is 1.